The van der Waals surface area contributed by atoms with Gasteiger partial charge >= 0.3 is 12.0 Å². The van der Waals surface area contributed by atoms with Crippen LogP contribution in [-0.4, -0.2) is 31.2 Å². The first-order valence-corrected chi connectivity index (χ1v) is 9.21. The van der Waals surface area contributed by atoms with Gasteiger partial charge in [0.25, 0.3) is 0 Å². The lowest BCUT2D eigenvalue weighted by Gasteiger charge is -2.56. The molecule has 0 aromatic heterocycles. The maximum absolute atomic E-state index is 12.2. The summed E-state index contributed by atoms with van der Waals surface area (Å²) in [5.41, 5.74) is 0.0870. The molecule has 0 atom stereocenters. The summed E-state index contributed by atoms with van der Waals surface area (Å²) < 4.78 is 4.61. The van der Waals surface area contributed by atoms with E-state index in [1.807, 2.05) is 0 Å². The fourth-order valence-corrected chi connectivity index (χ4v) is 5.42. The Labute approximate surface area is 138 Å². The maximum Gasteiger partial charge on any atom is 0.315 e. The first-order chi connectivity index (χ1) is 11.1. The van der Waals surface area contributed by atoms with Crippen LogP contribution in [0.1, 0.15) is 64.2 Å². The van der Waals surface area contributed by atoms with Gasteiger partial charge in [0.05, 0.1) is 7.11 Å². The molecule has 2 N–H and O–H groups in total. The van der Waals surface area contributed by atoms with Crippen LogP contribution in [0.2, 0.25) is 0 Å². The average Bonchev–Trinajstić information content (AvgIpc) is 2.48. The topological polar surface area (TPSA) is 67.4 Å². The third kappa shape index (κ3) is 4.18. The molecule has 4 bridgehead atoms. The molecule has 0 aliphatic heterocycles. The Morgan fingerprint density at radius 1 is 1.00 bits per heavy atom. The second-order valence-corrected chi connectivity index (χ2v) is 7.97. The van der Waals surface area contributed by atoms with Crippen molar-refractivity contribution >= 4 is 12.0 Å². The van der Waals surface area contributed by atoms with Crippen molar-refractivity contribution in [2.45, 2.75) is 69.7 Å². The molecular formula is C18H30N2O3. The smallest absolute Gasteiger partial charge is 0.315 e. The molecule has 4 aliphatic carbocycles. The van der Waals surface area contributed by atoms with Gasteiger partial charge in [0.15, 0.2) is 0 Å². The van der Waals surface area contributed by atoms with Gasteiger partial charge in [-0.3, -0.25) is 4.79 Å². The summed E-state index contributed by atoms with van der Waals surface area (Å²) >= 11 is 0. The van der Waals surface area contributed by atoms with Gasteiger partial charge in [-0.1, -0.05) is 6.42 Å². The first kappa shape index (κ1) is 16.6. The number of urea groups is 1. The van der Waals surface area contributed by atoms with E-state index in [1.54, 1.807) is 0 Å². The SMILES string of the molecule is COC(=O)CCCCCNC(=O)NC12CC3CC(CC(C3)C1)C2. The highest BCUT2D eigenvalue weighted by molar-refractivity contribution is 5.74. The second kappa shape index (κ2) is 7.10. The molecule has 4 aliphatic rings. The second-order valence-electron chi connectivity index (χ2n) is 7.97. The number of ether oxygens (including phenoxy) is 1. The summed E-state index contributed by atoms with van der Waals surface area (Å²) in [6.45, 7) is 0.680. The van der Waals surface area contributed by atoms with Gasteiger partial charge in [0.2, 0.25) is 0 Å². The van der Waals surface area contributed by atoms with Crippen LogP contribution in [0.25, 0.3) is 0 Å². The summed E-state index contributed by atoms with van der Waals surface area (Å²) in [6.07, 6.45) is 10.9. The number of rotatable bonds is 7. The number of carbonyl (C=O) groups is 2. The number of methoxy groups -OCH3 is 1. The van der Waals surface area contributed by atoms with Crippen LogP contribution in [-0.2, 0) is 9.53 Å². The molecule has 0 unspecified atom stereocenters. The zero-order valence-electron chi connectivity index (χ0n) is 14.2. The third-order valence-electron chi connectivity index (χ3n) is 5.99. The summed E-state index contributed by atoms with van der Waals surface area (Å²) in [7, 11) is 1.42. The Bertz CT molecular complexity index is 414. The Hall–Kier alpha value is -1.26. The monoisotopic (exact) mass is 322 g/mol. The van der Waals surface area contributed by atoms with Crippen LogP contribution < -0.4 is 10.6 Å². The van der Waals surface area contributed by atoms with Crippen molar-refractivity contribution in [2.24, 2.45) is 17.8 Å². The molecule has 4 rings (SSSR count). The Kier molecular flexibility index (Phi) is 5.12. The van der Waals surface area contributed by atoms with Crippen LogP contribution in [0.15, 0.2) is 0 Å². The van der Waals surface area contributed by atoms with Gasteiger partial charge in [0, 0.05) is 18.5 Å². The lowest BCUT2D eigenvalue weighted by atomic mass is 9.53. The predicted octanol–water partition coefficient (Wildman–Crippen LogP) is 2.99. The van der Waals surface area contributed by atoms with Crippen molar-refractivity contribution in [1.82, 2.24) is 10.6 Å². The minimum atomic E-state index is -0.155. The molecule has 2 amide bonds. The molecule has 0 aromatic rings. The number of hydrogen-bond donors (Lipinski definition) is 2. The Morgan fingerprint density at radius 3 is 2.17 bits per heavy atom. The van der Waals surface area contributed by atoms with E-state index in [0.717, 1.165) is 37.0 Å². The summed E-state index contributed by atoms with van der Waals surface area (Å²) in [6, 6.07) is -0.0000760. The van der Waals surface area contributed by atoms with Crippen molar-refractivity contribution in [3.05, 3.63) is 0 Å². The fraction of sp³-hybridized carbons (Fsp3) is 0.889. The lowest BCUT2D eigenvalue weighted by molar-refractivity contribution is -0.140. The Balaban J connectivity index is 1.33. The third-order valence-corrected chi connectivity index (χ3v) is 5.99. The molecule has 4 fully saturated rings. The van der Waals surface area contributed by atoms with Gasteiger partial charge in [-0.15, -0.1) is 0 Å². The molecule has 130 valence electrons. The molecule has 0 radical (unpaired) electrons. The number of amides is 2. The Morgan fingerprint density at radius 2 is 1.61 bits per heavy atom. The zero-order chi connectivity index (χ0) is 16.3. The summed E-state index contributed by atoms with van der Waals surface area (Å²) in [5.74, 6) is 2.39. The number of nitrogens with one attached hydrogen (secondary N) is 2. The molecule has 5 nitrogen and oxygen atoms in total. The molecule has 4 saturated carbocycles. The fourth-order valence-electron chi connectivity index (χ4n) is 5.42. The summed E-state index contributed by atoms with van der Waals surface area (Å²) in [4.78, 5) is 23.2. The molecule has 0 spiro atoms. The van der Waals surface area contributed by atoms with Crippen molar-refractivity contribution in [1.29, 1.82) is 0 Å². The summed E-state index contributed by atoms with van der Waals surface area (Å²) in [5, 5.41) is 6.31. The molecule has 5 heteroatoms. The van der Waals surface area contributed by atoms with E-state index in [9.17, 15) is 9.59 Å². The number of unbranched alkanes of at least 4 members (excludes halogenated alkanes) is 2. The van der Waals surface area contributed by atoms with Crippen molar-refractivity contribution < 1.29 is 14.3 Å². The van der Waals surface area contributed by atoms with E-state index in [1.165, 1.54) is 45.6 Å². The number of esters is 1. The highest BCUT2D eigenvalue weighted by Gasteiger charge is 2.51. The predicted molar refractivity (Wildman–Crippen MR) is 87.9 cm³/mol. The van der Waals surface area contributed by atoms with Gasteiger partial charge in [-0.05, 0) is 69.1 Å². The molecule has 0 heterocycles. The lowest BCUT2D eigenvalue weighted by Crippen LogP contribution is -2.61. The minimum Gasteiger partial charge on any atom is -0.469 e. The molecular weight excluding hydrogens is 292 g/mol. The van der Waals surface area contributed by atoms with E-state index >= 15 is 0 Å². The maximum atomic E-state index is 12.2. The normalized spacial score (nSPS) is 34.2. The standard InChI is InChI=1S/C18H30N2O3/c1-23-16(21)5-3-2-4-6-19-17(22)20-18-10-13-7-14(11-18)9-15(8-13)12-18/h13-15H,2-12H2,1H3,(H2,19,20,22). The van der Waals surface area contributed by atoms with Crippen LogP contribution >= 0.6 is 0 Å². The molecule has 0 saturated heterocycles. The van der Waals surface area contributed by atoms with Crippen molar-refractivity contribution in [3.63, 3.8) is 0 Å². The first-order valence-electron chi connectivity index (χ1n) is 9.21. The van der Waals surface area contributed by atoms with E-state index in [0.29, 0.717) is 13.0 Å². The number of carbonyl (C=O) groups excluding carboxylic acids is 2. The largest absolute Gasteiger partial charge is 0.469 e. The van der Waals surface area contributed by atoms with Crippen molar-refractivity contribution in [2.75, 3.05) is 13.7 Å². The minimum absolute atomic E-state index is 0.0000760. The van der Waals surface area contributed by atoms with Crippen LogP contribution in [0, 0.1) is 17.8 Å². The van der Waals surface area contributed by atoms with Crippen molar-refractivity contribution in [3.8, 4) is 0 Å². The highest BCUT2D eigenvalue weighted by Crippen LogP contribution is 2.55. The van der Waals surface area contributed by atoms with E-state index < -0.39 is 0 Å². The zero-order valence-corrected chi connectivity index (χ0v) is 14.2. The van der Waals surface area contributed by atoms with E-state index in [2.05, 4.69) is 15.4 Å². The van der Waals surface area contributed by atoms with Gasteiger partial charge < -0.3 is 15.4 Å². The molecule has 0 aromatic carbocycles. The van der Waals surface area contributed by atoms with Crippen LogP contribution in [0.3, 0.4) is 0 Å². The van der Waals surface area contributed by atoms with Gasteiger partial charge in [-0.25, -0.2) is 4.79 Å². The van der Waals surface area contributed by atoms with E-state index in [4.69, 9.17) is 0 Å². The van der Waals surface area contributed by atoms with E-state index in [-0.39, 0.29) is 17.5 Å². The van der Waals surface area contributed by atoms with Crippen LogP contribution in [0.4, 0.5) is 4.79 Å². The average molecular weight is 322 g/mol. The number of hydrogen-bond acceptors (Lipinski definition) is 3. The van der Waals surface area contributed by atoms with Gasteiger partial charge in [0.1, 0.15) is 0 Å². The highest BCUT2D eigenvalue weighted by atomic mass is 16.5. The quantitative estimate of drug-likeness (QED) is 0.559. The van der Waals surface area contributed by atoms with Crippen LogP contribution in [0.5, 0.6) is 0 Å². The molecule has 23 heavy (non-hydrogen) atoms. The van der Waals surface area contributed by atoms with Gasteiger partial charge in [-0.2, -0.15) is 0 Å².